The Morgan fingerprint density at radius 2 is 2.29 bits per heavy atom. The van der Waals surface area contributed by atoms with Gasteiger partial charge >= 0.3 is 5.97 Å². The first-order valence-corrected chi connectivity index (χ1v) is 5.20. The first-order valence-electron chi connectivity index (χ1n) is 4.32. The van der Waals surface area contributed by atoms with Crippen LogP contribution in [0.2, 0.25) is 0 Å². The van der Waals surface area contributed by atoms with Crippen LogP contribution in [0.15, 0.2) is 15.9 Å². The second-order valence-corrected chi connectivity index (χ2v) is 4.47. The molecule has 0 bridgehead atoms. The number of carboxylic acid groups (broad SMARTS) is 1. The Kier molecular flexibility index (Phi) is 3.57. The molecule has 0 aliphatic carbocycles. The molecule has 5 heteroatoms. The zero-order chi connectivity index (χ0) is 10.7. The van der Waals surface area contributed by atoms with Crippen LogP contribution in [0.5, 0.6) is 0 Å². The highest BCUT2D eigenvalue weighted by Crippen LogP contribution is 2.27. The molecular weight excluding hydrogens is 202 g/mol. The van der Waals surface area contributed by atoms with Crippen LogP contribution < -0.4 is 0 Å². The highest BCUT2D eigenvalue weighted by atomic mass is 32.2. The van der Waals surface area contributed by atoms with Crippen molar-refractivity contribution in [2.75, 3.05) is 0 Å². The maximum atomic E-state index is 10.9. The van der Waals surface area contributed by atoms with Gasteiger partial charge in [-0.2, -0.15) is 0 Å². The molecule has 0 saturated heterocycles. The smallest absolute Gasteiger partial charge is 0.317 e. The molecular formula is C9H13NO3S. The normalized spacial score (nSPS) is 13.1. The molecule has 0 aliphatic rings. The maximum Gasteiger partial charge on any atom is 0.317 e. The first kappa shape index (κ1) is 11.1. The van der Waals surface area contributed by atoms with E-state index in [1.165, 1.54) is 6.26 Å². The summed E-state index contributed by atoms with van der Waals surface area (Å²) in [6, 6.07) is 0. The van der Waals surface area contributed by atoms with Crippen molar-refractivity contribution in [1.82, 2.24) is 4.98 Å². The molecule has 14 heavy (non-hydrogen) atoms. The Bertz CT molecular complexity index is 322. The Hall–Kier alpha value is -0.970. The summed E-state index contributed by atoms with van der Waals surface area (Å²) in [7, 11) is 0. The van der Waals surface area contributed by atoms with Crippen molar-refractivity contribution in [3.63, 3.8) is 0 Å². The van der Waals surface area contributed by atoms with Crippen LogP contribution in [0.3, 0.4) is 0 Å². The topological polar surface area (TPSA) is 63.3 Å². The molecule has 1 unspecified atom stereocenters. The fourth-order valence-electron chi connectivity index (χ4n) is 0.967. The molecule has 0 aromatic carbocycles. The van der Waals surface area contributed by atoms with Gasteiger partial charge in [0.1, 0.15) is 11.5 Å². The number of aliphatic carboxylic acids is 1. The number of carboxylic acids is 1. The lowest BCUT2D eigenvalue weighted by Gasteiger charge is -2.12. The first-order chi connectivity index (χ1) is 6.50. The van der Waals surface area contributed by atoms with Crippen molar-refractivity contribution in [3.8, 4) is 0 Å². The van der Waals surface area contributed by atoms with Crippen molar-refractivity contribution in [2.45, 2.75) is 31.2 Å². The van der Waals surface area contributed by atoms with Gasteiger partial charge in [0.2, 0.25) is 0 Å². The molecule has 0 fully saturated rings. The zero-order valence-corrected chi connectivity index (χ0v) is 9.17. The lowest BCUT2D eigenvalue weighted by molar-refractivity contribution is -0.137. The fraction of sp³-hybridized carbons (Fsp3) is 0.556. The van der Waals surface area contributed by atoms with Crippen molar-refractivity contribution in [1.29, 1.82) is 0 Å². The molecule has 1 atom stereocenters. The van der Waals surface area contributed by atoms with E-state index >= 15 is 0 Å². The zero-order valence-electron chi connectivity index (χ0n) is 8.35. The van der Waals surface area contributed by atoms with Gasteiger partial charge < -0.3 is 9.52 Å². The number of rotatable bonds is 4. The van der Waals surface area contributed by atoms with Gasteiger partial charge in [-0.3, -0.25) is 4.79 Å². The molecule has 1 heterocycles. The van der Waals surface area contributed by atoms with E-state index in [2.05, 4.69) is 4.98 Å². The molecule has 1 aromatic rings. The van der Waals surface area contributed by atoms with Gasteiger partial charge in [-0.05, 0) is 12.8 Å². The van der Waals surface area contributed by atoms with E-state index in [0.717, 1.165) is 17.5 Å². The molecule has 1 rings (SSSR count). The van der Waals surface area contributed by atoms with Gasteiger partial charge in [0.05, 0.1) is 5.69 Å². The van der Waals surface area contributed by atoms with Crippen molar-refractivity contribution >= 4 is 17.7 Å². The summed E-state index contributed by atoms with van der Waals surface area (Å²) in [5.41, 5.74) is 0.764. The van der Waals surface area contributed by atoms with E-state index < -0.39 is 11.2 Å². The molecule has 1 N–H and O–H groups in total. The minimum Gasteiger partial charge on any atom is -0.480 e. The van der Waals surface area contributed by atoms with Gasteiger partial charge in [0, 0.05) is 0 Å². The Morgan fingerprint density at radius 3 is 2.64 bits per heavy atom. The van der Waals surface area contributed by atoms with E-state index in [4.69, 9.17) is 9.52 Å². The summed E-state index contributed by atoms with van der Waals surface area (Å²) in [5, 5.41) is 8.84. The van der Waals surface area contributed by atoms with Gasteiger partial charge in [-0.25, -0.2) is 4.98 Å². The van der Waals surface area contributed by atoms with E-state index in [1.54, 1.807) is 6.92 Å². The predicted octanol–water partition coefficient (Wildman–Crippen LogP) is 2.18. The van der Waals surface area contributed by atoms with E-state index in [9.17, 15) is 4.79 Å². The minimum atomic E-state index is -0.833. The van der Waals surface area contributed by atoms with Gasteiger partial charge in [-0.15, -0.1) is 0 Å². The lowest BCUT2D eigenvalue weighted by atomic mass is 10.1. The van der Waals surface area contributed by atoms with Crippen molar-refractivity contribution < 1.29 is 14.3 Å². The van der Waals surface area contributed by atoms with Crippen molar-refractivity contribution in [2.24, 2.45) is 5.92 Å². The van der Waals surface area contributed by atoms with Crippen LogP contribution in [-0.4, -0.2) is 21.3 Å². The van der Waals surface area contributed by atoms with E-state index in [1.807, 2.05) is 13.8 Å². The van der Waals surface area contributed by atoms with Crippen LogP contribution in [-0.2, 0) is 4.79 Å². The van der Waals surface area contributed by atoms with E-state index in [0.29, 0.717) is 5.22 Å². The summed E-state index contributed by atoms with van der Waals surface area (Å²) >= 11 is 1.15. The number of nitrogens with zero attached hydrogens (tertiary/aromatic N) is 1. The average Bonchev–Trinajstić information content (AvgIpc) is 2.46. The molecule has 78 valence electrons. The number of hydrogen-bond donors (Lipinski definition) is 1. The summed E-state index contributed by atoms with van der Waals surface area (Å²) < 4.78 is 5.08. The third-order valence-electron chi connectivity index (χ3n) is 1.67. The molecule has 0 amide bonds. The number of oxazole rings is 1. The standard InChI is InChI=1S/C9H13NO3S/c1-5(2)7(8(11)12)14-9-10-6(3)4-13-9/h4-5,7H,1-3H3,(H,11,12). The quantitative estimate of drug-likeness (QED) is 0.780. The number of hydrogen-bond acceptors (Lipinski definition) is 4. The highest BCUT2D eigenvalue weighted by Gasteiger charge is 2.24. The minimum absolute atomic E-state index is 0.0460. The lowest BCUT2D eigenvalue weighted by Crippen LogP contribution is -2.22. The molecule has 0 saturated carbocycles. The maximum absolute atomic E-state index is 10.9. The average molecular weight is 215 g/mol. The summed E-state index contributed by atoms with van der Waals surface area (Å²) in [4.78, 5) is 14.9. The van der Waals surface area contributed by atoms with Gasteiger partial charge in [-0.1, -0.05) is 25.6 Å². The number of thioether (sulfide) groups is 1. The third kappa shape index (κ3) is 2.77. The van der Waals surface area contributed by atoms with Crippen LogP contribution in [0.25, 0.3) is 0 Å². The number of aromatic nitrogens is 1. The molecule has 0 radical (unpaired) electrons. The van der Waals surface area contributed by atoms with E-state index in [-0.39, 0.29) is 5.92 Å². The van der Waals surface area contributed by atoms with Crippen LogP contribution in [0.4, 0.5) is 0 Å². The number of aryl methyl sites for hydroxylation is 1. The largest absolute Gasteiger partial charge is 0.480 e. The van der Waals surface area contributed by atoms with Gasteiger partial charge in [0.25, 0.3) is 5.22 Å². The van der Waals surface area contributed by atoms with Crippen LogP contribution >= 0.6 is 11.8 Å². The molecule has 1 aromatic heterocycles. The monoisotopic (exact) mass is 215 g/mol. The van der Waals surface area contributed by atoms with Crippen LogP contribution in [0.1, 0.15) is 19.5 Å². The number of carbonyl (C=O) groups is 1. The van der Waals surface area contributed by atoms with Crippen molar-refractivity contribution in [3.05, 3.63) is 12.0 Å². The summed E-state index contributed by atoms with van der Waals surface area (Å²) in [6.07, 6.45) is 1.52. The molecule has 0 aliphatic heterocycles. The third-order valence-corrected chi connectivity index (χ3v) is 3.06. The van der Waals surface area contributed by atoms with Crippen LogP contribution in [0, 0.1) is 12.8 Å². The Morgan fingerprint density at radius 1 is 1.64 bits per heavy atom. The van der Waals surface area contributed by atoms with Gasteiger partial charge in [0.15, 0.2) is 0 Å². The second kappa shape index (κ2) is 4.50. The summed E-state index contributed by atoms with van der Waals surface area (Å²) in [5.74, 6) is -0.787. The predicted molar refractivity (Wildman–Crippen MR) is 53.4 cm³/mol. The Labute approximate surface area is 86.7 Å². The SMILES string of the molecule is Cc1coc(SC(C(=O)O)C(C)C)n1. The highest BCUT2D eigenvalue weighted by molar-refractivity contribution is 8.00. The molecule has 0 spiro atoms. The summed E-state index contributed by atoms with van der Waals surface area (Å²) in [6.45, 7) is 5.53. The fourth-order valence-corrected chi connectivity index (χ4v) is 1.86. The molecule has 4 nitrogen and oxygen atoms in total. The Balaban J connectivity index is 2.69. The second-order valence-electron chi connectivity index (χ2n) is 3.38.